The smallest absolute Gasteiger partial charge is 0.0522 e. The maximum absolute atomic E-state index is 4.16. The second-order valence-corrected chi connectivity index (χ2v) is 4.71. The molecule has 98 valence electrons. The predicted molar refractivity (Wildman–Crippen MR) is 73.3 cm³/mol. The summed E-state index contributed by atoms with van der Waals surface area (Å²) in [6.45, 7) is 5.24. The topological polar surface area (TPSA) is 34.8 Å². The van der Waals surface area contributed by atoms with E-state index in [1.165, 1.54) is 17.5 Å². The van der Waals surface area contributed by atoms with Crippen LogP contribution in [0.25, 0.3) is 0 Å². The molecule has 2 heterocycles. The van der Waals surface area contributed by atoms with Crippen molar-refractivity contribution in [1.29, 1.82) is 0 Å². The fraction of sp³-hybridized carbons (Fsp3) is 0.500. The van der Waals surface area contributed by atoms with E-state index < -0.39 is 0 Å². The van der Waals surface area contributed by atoms with Crippen LogP contribution in [0.15, 0.2) is 30.9 Å². The van der Waals surface area contributed by atoms with Crippen molar-refractivity contribution in [3.63, 3.8) is 0 Å². The number of hydrogen-bond acceptors (Lipinski definition) is 2. The van der Waals surface area contributed by atoms with E-state index in [4.69, 9.17) is 0 Å². The third-order valence-electron chi connectivity index (χ3n) is 2.97. The molecule has 0 saturated heterocycles. The van der Waals surface area contributed by atoms with Crippen LogP contribution in [0.4, 0.5) is 0 Å². The van der Waals surface area contributed by atoms with Crippen LogP contribution in [0.2, 0.25) is 0 Å². The lowest BCUT2D eigenvalue weighted by molar-refractivity contribution is 0.666. The lowest BCUT2D eigenvalue weighted by Crippen LogP contribution is -2.16. The number of hydrogen-bond donors (Lipinski definition) is 1. The van der Waals surface area contributed by atoms with Crippen LogP contribution in [-0.2, 0) is 26.6 Å². The van der Waals surface area contributed by atoms with Crippen molar-refractivity contribution in [2.45, 2.75) is 32.9 Å². The second-order valence-electron chi connectivity index (χ2n) is 4.71. The number of rotatable bonds is 7. The van der Waals surface area contributed by atoms with Gasteiger partial charge in [-0.2, -0.15) is 5.10 Å². The van der Waals surface area contributed by atoms with E-state index in [9.17, 15) is 0 Å². The summed E-state index contributed by atoms with van der Waals surface area (Å²) >= 11 is 0. The standard InChI is InChI=1S/C14H22N4/c1-3-7-18-8-5-14(12-18)9-15-6-4-13-10-16-17(2)11-13/h5,8,10-12,15H,3-4,6-7,9H2,1-2H3. The Morgan fingerprint density at radius 3 is 2.89 bits per heavy atom. The highest BCUT2D eigenvalue weighted by atomic mass is 15.2. The molecule has 2 aromatic heterocycles. The van der Waals surface area contributed by atoms with Gasteiger partial charge in [-0.1, -0.05) is 6.92 Å². The summed E-state index contributed by atoms with van der Waals surface area (Å²) in [5.41, 5.74) is 2.64. The van der Waals surface area contributed by atoms with Crippen molar-refractivity contribution >= 4 is 0 Å². The predicted octanol–water partition coefficient (Wildman–Crippen LogP) is 1.96. The molecule has 18 heavy (non-hydrogen) atoms. The molecule has 0 radical (unpaired) electrons. The van der Waals surface area contributed by atoms with Crippen LogP contribution in [-0.4, -0.2) is 20.9 Å². The van der Waals surface area contributed by atoms with E-state index in [1.54, 1.807) is 0 Å². The van der Waals surface area contributed by atoms with Crippen LogP contribution >= 0.6 is 0 Å². The fourth-order valence-electron chi connectivity index (χ4n) is 2.06. The molecule has 0 amide bonds. The molecule has 0 aromatic carbocycles. The summed E-state index contributed by atoms with van der Waals surface area (Å²) in [4.78, 5) is 0. The maximum Gasteiger partial charge on any atom is 0.0522 e. The first-order chi connectivity index (χ1) is 8.78. The monoisotopic (exact) mass is 246 g/mol. The highest BCUT2D eigenvalue weighted by molar-refractivity contribution is 5.10. The minimum atomic E-state index is 0.941. The number of aryl methyl sites for hydroxylation is 2. The van der Waals surface area contributed by atoms with Gasteiger partial charge in [-0.25, -0.2) is 0 Å². The minimum absolute atomic E-state index is 0.941. The molecular weight excluding hydrogens is 224 g/mol. The molecule has 0 saturated carbocycles. The Bertz CT molecular complexity index is 470. The summed E-state index contributed by atoms with van der Waals surface area (Å²) in [6, 6.07) is 2.19. The molecule has 0 atom stereocenters. The van der Waals surface area contributed by atoms with Gasteiger partial charge in [0.15, 0.2) is 0 Å². The molecule has 2 rings (SSSR count). The molecule has 0 fully saturated rings. The Morgan fingerprint density at radius 2 is 2.17 bits per heavy atom. The van der Waals surface area contributed by atoms with Gasteiger partial charge in [0, 0.05) is 38.7 Å². The zero-order chi connectivity index (χ0) is 12.8. The van der Waals surface area contributed by atoms with E-state index >= 15 is 0 Å². The summed E-state index contributed by atoms with van der Waals surface area (Å²) in [7, 11) is 1.95. The van der Waals surface area contributed by atoms with E-state index in [2.05, 4.69) is 46.6 Å². The fourth-order valence-corrected chi connectivity index (χ4v) is 2.06. The van der Waals surface area contributed by atoms with Crippen LogP contribution in [0, 0.1) is 0 Å². The van der Waals surface area contributed by atoms with Gasteiger partial charge in [-0.05, 0) is 36.6 Å². The van der Waals surface area contributed by atoms with Gasteiger partial charge in [-0.15, -0.1) is 0 Å². The zero-order valence-electron chi connectivity index (χ0n) is 11.3. The van der Waals surface area contributed by atoms with Gasteiger partial charge in [0.05, 0.1) is 6.20 Å². The van der Waals surface area contributed by atoms with E-state index in [0.29, 0.717) is 0 Å². The normalized spacial score (nSPS) is 11.0. The molecule has 0 aliphatic rings. The molecule has 2 aromatic rings. The Balaban J connectivity index is 1.68. The van der Waals surface area contributed by atoms with E-state index in [1.807, 2.05) is 17.9 Å². The third-order valence-corrected chi connectivity index (χ3v) is 2.97. The first-order valence-corrected chi connectivity index (χ1v) is 6.61. The Labute approximate surface area is 109 Å². The Kier molecular flexibility index (Phi) is 4.59. The largest absolute Gasteiger partial charge is 0.354 e. The van der Waals surface area contributed by atoms with Crippen molar-refractivity contribution in [3.8, 4) is 0 Å². The number of aromatic nitrogens is 3. The van der Waals surface area contributed by atoms with Crippen LogP contribution in [0.5, 0.6) is 0 Å². The molecule has 0 aliphatic heterocycles. The first kappa shape index (κ1) is 12.9. The van der Waals surface area contributed by atoms with Crippen LogP contribution in [0.1, 0.15) is 24.5 Å². The second kappa shape index (κ2) is 6.40. The lowest BCUT2D eigenvalue weighted by atomic mass is 10.2. The van der Waals surface area contributed by atoms with Crippen molar-refractivity contribution in [1.82, 2.24) is 19.7 Å². The van der Waals surface area contributed by atoms with Crippen LogP contribution < -0.4 is 5.32 Å². The molecule has 1 N–H and O–H groups in total. The summed E-state index contributed by atoms with van der Waals surface area (Å²) < 4.78 is 4.10. The van der Waals surface area contributed by atoms with Gasteiger partial charge in [0.2, 0.25) is 0 Å². The molecular formula is C14H22N4. The third kappa shape index (κ3) is 3.74. The van der Waals surface area contributed by atoms with Gasteiger partial charge in [0.25, 0.3) is 0 Å². The summed E-state index contributed by atoms with van der Waals surface area (Å²) in [5.74, 6) is 0. The van der Waals surface area contributed by atoms with Crippen molar-refractivity contribution < 1.29 is 0 Å². The van der Waals surface area contributed by atoms with Gasteiger partial charge < -0.3 is 9.88 Å². The zero-order valence-corrected chi connectivity index (χ0v) is 11.3. The Hall–Kier alpha value is -1.55. The Morgan fingerprint density at radius 1 is 1.28 bits per heavy atom. The van der Waals surface area contributed by atoms with Crippen LogP contribution in [0.3, 0.4) is 0 Å². The van der Waals surface area contributed by atoms with Crippen molar-refractivity contribution in [2.75, 3.05) is 6.54 Å². The maximum atomic E-state index is 4.16. The molecule has 0 spiro atoms. The summed E-state index contributed by atoms with van der Waals surface area (Å²) in [6.07, 6.45) is 10.6. The van der Waals surface area contributed by atoms with E-state index in [0.717, 1.165) is 26.1 Å². The lowest BCUT2D eigenvalue weighted by Gasteiger charge is -2.02. The molecule has 4 nitrogen and oxygen atoms in total. The molecule has 0 bridgehead atoms. The van der Waals surface area contributed by atoms with Crippen molar-refractivity contribution in [2.24, 2.45) is 7.05 Å². The average Bonchev–Trinajstić information content (AvgIpc) is 2.95. The first-order valence-electron chi connectivity index (χ1n) is 6.61. The molecule has 0 unspecified atom stereocenters. The minimum Gasteiger partial charge on any atom is -0.354 e. The van der Waals surface area contributed by atoms with E-state index in [-0.39, 0.29) is 0 Å². The number of nitrogens with one attached hydrogen (secondary N) is 1. The van der Waals surface area contributed by atoms with Gasteiger partial charge >= 0.3 is 0 Å². The summed E-state index contributed by atoms with van der Waals surface area (Å²) in [5, 5.41) is 7.63. The molecule has 4 heteroatoms. The quantitative estimate of drug-likeness (QED) is 0.758. The highest BCUT2D eigenvalue weighted by Gasteiger charge is 1.98. The van der Waals surface area contributed by atoms with Gasteiger partial charge in [-0.3, -0.25) is 4.68 Å². The average molecular weight is 246 g/mol. The SMILES string of the molecule is CCCn1ccc(CNCCc2cnn(C)c2)c1. The molecule has 0 aliphatic carbocycles. The highest BCUT2D eigenvalue weighted by Crippen LogP contribution is 2.02. The number of nitrogens with zero attached hydrogens (tertiary/aromatic N) is 3. The van der Waals surface area contributed by atoms with Gasteiger partial charge in [0.1, 0.15) is 0 Å². The van der Waals surface area contributed by atoms with Crippen molar-refractivity contribution in [3.05, 3.63) is 42.0 Å².